The van der Waals surface area contributed by atoms with E-state index in [9.17, 15) is 4.79 Å². The smallest absolute Gasteiger partial charge is 0.195 e. The number of methoxy groups -OCH3 is 1. The van der Waals surface area contributed by atoms with Crippen LogP contribution in [0.5, 0.6) is 5.75 Å². The molecule has 0 saturated carbocycles. The maximum absolute atomic E-state index is 12.7. The highest BCUT2D eigenvalue weighted by Gasteiger charge is 2.16. The van der Waals surface area contributed by atoms with Crippen molar-refractivity contribution in [2.75, 3.05) is 7.11 Å². The first-order valence-corrected chi connectivity index (χ1v) is 6.94. The fourth-order valence-corrected chi connectivity index (χ4v) is 2.65. The number of para-hydroxylation sites is 1. The third kappa shape index (κ3) is 2.30. The molecule has 21 heavy (non-hydrogen) atoms. The van der Waals surface area contributed by atoms with Gasteiger partial charge in [-0.25, -0.2) is 0 Å². The molecule has 1 heterocycles. The van der Waals surface area contributed by atoms with Crippen molar-refractivity contribution in [2.24, 2.45) is 0 Å². The summed E-state index contributed by atoms with van der Waals surface area (Å²) in [5.41, 5.74) is 2.98. The third-order valence-corrected chi connectivity index (χ3v) is 3.89. The summed E-state index contributed by atoms with van der Waals surface area (Å²) in [5, 5.41) is 1.43. The number of hydrogen-bond donors (Lipinski definition) is 1. The van der Waals surface area contributed by atoms with Crippen LogP contribution in [0.4, 0.5) is 0 Å². The van der Waals surface area contributed by atoms with Crippen molar-refractivity contribution in [1.82, 2.24) is 4.98 Å². The van der Waals surface area contributed by atoms with Crippen LogP contribution in [0, 0.1) is 6.92 Å². The van der Waals surface area contributed by atoms with Gasteiger partial charge in [-0.1, -0.05) is 35.9 Å². The first kappa shape index (κ1) is 13.7. The van der Waals surface area contributed by atoms with Crippen molar-refractivity contribution < 1.29 is 9.53 Å². The van der Waals surface area contributed by atoms with E-state index in [1.54, 1.807) is 25.4 Å². The highest BCUT2D eigenvalue weighted by Crippen LogP contribution is 2.28. The first-order valence-electron chi connectivity index (χ1n) is 6.56. The van der Waals surface area contributed by atoms with Crippen LogP contribution in [0.3, 0.4) is 0 Å². The van der Waals surface area contributed by atoms with Gasteiger partial charge in [0.25, 0.3) is 0 Å². The number of halogens is 1. The zero-order valence-corrected chi connectivity index (χ0v) is 12.5. The fourth-order valence-electron chi connectivity index (χ4n) is 2.42. The van der Waals surface area contributed by atoms with Crippen LogP contribution < -0.4 is 4.74 Å². The van der Waals surface area contributed by atoms with E-state index in [2.05, 4.69) is 4.98 Å². The molecule has 0 radical (unpaired) electrons. The number of ketones is 1. The Hall–Kier alpha value is -2.26. The van der Waals surface area contributed by atoms with Crippen LogP contribution in [-0.4, -0.2) is 17.9 Å². The van der Waals surface area contributed by atoms with Gasteiger partial charge >= 0.3 is 0 Å². The largest absolute Gasteiger partial charge is 0.496 e. The average molecular weight is 300 g/mol. The summed E-state index contributed by atoms with van der Waals surface area (Å²) < 4.78 is 5.28. The van der Waals surface area contributed by atoms with Crippen molar-refractivity contribution in [1.29, 1.82) is 0 Å². The summed E-state index contributed by atoms with van der Waals surface area (Å²) in [4.78, 5) is 15.8. The third-order valence-electron chi connectivity index (χ3n) is 3.58. The summed E-state index contributed by atoms with van der Waals surface area (Å²) in [6, 6.07) is 11.0. The summed E-state index contributed by atoms with van der Waals surface area (Å²) >= 11 is 6.13. The molecule has 3 aromatic rings. The fraction of sp³-hybridized carbons (Fsp3) is 0.118. The molecule has 106 valence electrons. The molecule has 0 saturated heterocycles. The minimum absolute atomic E-state index is 0.0539. The Morgan fingerprint density at radius 3 is 2.81 bits per heavy atom. The van der Waals surface area contributed by atoms with E-state index in [0.717, 1.165) is 16.5 Å². The summed E-state index contributed by atoms with van der Waals surface area (Å²) in [6.07, 6.45) is 1.70. The minimum Gasteiger partial charge on any atom is -0.496 e. The van der Waals surface area contributed by atoms with E-state index in [1.165, 1.54) is 0 Å². The molecule has 0 fully saturated rings. The number of aryl methyl sites for hydroxylation is 1. The summed E-state index contributed by atoms with van der Waals surface area (Å²) in [6.45, 7) is 1.94. The minimum atomic E-state index is -0.0539. The van der Waals surface area contributed by atoms with Crippen LogP contribution in [0.1, 0.15) is 21.5 Å². The van der Waals surface area contributed by atoms with Gasteiger partial charge in [0.05, 0.1) is 17.6 Å². The first-order chi connectivity index (χ1) is 10.1. The number of ether oxygens (including phenoxy) is 1. The van der Waals surface area contributed by atoms with E-state index in [-0.39, 0.29) is 5.78 Å². The Kier molecular flexibility index (Phi) is 3.43. The van der Waals surface area contributed by atoms with Gasteiger partial charge in [0.2, 0.25) is 0 Å². The number of fused-ring (bicyclic) bond motifs is 1. The molecule has 2 aromatic carbocycles. The molecule has 3 rings (SSSR count). The number of rotatable bonds is 3. The Balaban J connectivity index is 2.11. The van der Waals surface area contributed by atoms with Crippen LogP contribution in [0.2, 0.25) is 5.02 Å². The van der Waals surface area contributed by atoms with Gasteiger partial charge in [0.1, 0.15) is 5.75 Å². The maximum atomic E-state index is 12.7. The molecule has 0 spiro atoms. The average Bonchev–Trinajstić information content (AvgIpc) is 2.92. The van der Waals surface area contributed by atoms with E-state index < -0.39 is 0 Å². The molecule has 0 atom stereocenters. The Morgan fingerprint density at radius 1 is 1.24 bits per heavy atom. The molecule has 3 nitrogen and oxygen atoms in total. The second kappa shape index (κ2) is 5.26. The van der Waals surface area contributed by atoms with Crippen LogP contribution in [0.25, 0.3) is 10.9 Å². The lowest BCUT2D eigenvalue weighted by Crippen LogP contribution is -2.01. The number of carbonyl (C=O) groups is 1. The van der Waals surface area contributed by atoms with Gasteiger partial charge < -0.3 is 9.72 Å². The van der Waals surface area contributed by atoms with Gasteiger partial charge in [-0.15, -0.1) is 0 Å². The van der Waals surface area contributed by atoms with Gasteiger partial charge in [-0.05, 0) is 24.6 Å². The second-order valence-corrected chi connectivity index (χ2v) is 5.29. The number of nitrogens with one attached hydrogen (secondary N) is 1. The molecule has 1 aromatic heterocycles. The number of hydrogen-bond acceptors (Lipinski definition) is 2. The standard InChI is InChI=1S/C17H14ClNO2/c1-10-6-7-11(8-15(10)21-2)17(20)13-9-19-16-12(13)4-3-5-14(16)18/h3-9,19H,1-2H3. The second-order valence-electron chi connectivity index (χ2n) is 4.88. The lowest BCUT2D eigenvalue weighted by atomic mass is 10.0. The number of benzene rings is 2. The van der Waals surface area contributed by atoms with Crippen molar-refractivity contribution in [3.05, 3.63) is 64.3 Å². The molecule has 0 unspecified atom stereocenters. The predicted octanol–water partition coefficient (Wildman–Crippen LogP) is 4.37. The molecule has 0 aliphatic carbocycles. The number of H-pyrrole nitrogens is 1. The van der Waals surface area contributed by atoms with Crippen LogP contribution >= 0.6 is 11.6 Å². The number of aromatic amines is 1. The van der Waals surface area contributed by atoms with Crippen molar-refractivity contribution in [3.63, 3.8) is 0 Å². The zero-order chi connectivity index (χ0) is 15.0. The number of carbonyl (C=O) groups excluding carboxylic acids is 1. The summed E-state index contributed by atoms with van der Waals surface area (Å²) in [5.74, 6) is 0.653. The van der Waals surface area contributed by atoms with Crippen molar-refractivity contribution >= 4 is 28.3 Å². The van der Waals surface area contributed by atoms with E-state index in [4.69, 9.17) is 16.3 Å². The van der Waals surface area contributed by atoms with Gasteiger partial charge in [0, 0.05) is 22.7 Å². The van der Waals surface area contributed by atoms with Crippen molar-refractivity contribution in [3.8, 4) is 5.75 Å². The topological polar surface area (TPSA) is 42.1 Å². The molecule has 4 heteroatoms. The Morgan fingerprint density at radius 2 is 2.05 bits per heavy atom. The van der Waals surface area contributed by atoms with Crippen LogP contribution in [-0.2, 0) is 0 Å². The predicted molar refractivity (Wildman–Crippen MR) is 84.5 cm³/mol. The zero-order valence-electron chi connectivity index (χ0n) is 11.7. The number of aromatic nitrogens is 1. The van der Waals surface area contributed by atoms with Crippen LogP contribution in [0.15, 0.2) is 42.6 Å². The lowest BCUT2D eigenvalue weighted by molar-refractivity contribution is 0.104. The van der Waals surface area contributed by atoms with Gasteiger partial charge in [0.15, 0.2) is 5.78 Å². The van der Waals surface area contributed by atoms with E-state index in [1.807, 2.05) is 31.2 Å². The summed E-state index contributed by atoms with van der Waals surface area (Å²) in [7, 11) is 1.60. The Bertz CT molecular complexity index is 836. The SMILES string of the molecule is COc1cc(C(=O)c2c[nH]c3c(Cl)cccc23)ccc1C. The van der Waals surface area contributed by atoms with Gasteiger partial charge in [-0.3, -0.25) is 4.79 Å². The molecular formula is C17H14ClNO2. The van der Waals surface area contributed by atoms with E-state index in [0.29, 0.717) is 21.9 Å². The van der Waals surface area contributed by atoms with Crippen molar-refractivity contribution in [2.45, 2.75) is 6.92 Å². The lowest BCUT2D eigenvalue weighted by Gasteiger charge is -2.06. The molecule has 0 aliphatic rings. The molecular weight excluding hydrogens is 286 g/mol. The highest BCUT2D eigenvalue weighted by molar-refractivity contribution is 6.35. The molecule has 0 bridgehead atoms. The highest BCUT2D eigenvalue weighted by atomic mass is 35.5. The monoisotopic (exact) mass is 299 g/mol. The normalized spacial score (nSPS) is 10.8. The molecule has 1 N–H and O–H groups in total. The molecule has 0 amide bonds. The maximum Gasteiger partial charge on any atom is 0.195 e. The quantitative estimate of drug-likeness (QED) is 0.730. The van der Waals surface area contributed by atoms with Gasteiger partial charge in [-0.2, -0.15) is 0 Å². The Labute approximate surface area is 127 Å². The molecule has 0 aliphatic heterocycles. The van der Waals surface area contributed by atoms with E-state index >= 15 is 0 Å².